The Kier molecular flexibility index (Phi) is 4.06. The van der Waals surface area contributed by atoms with Crippen molar-refractivity contribution in [2.75, 3.05) is 32.7 Å². The Hall–Kier alpha value is -0.220. The van der Waals surface area contributed by atoms with Crippen LogP contribution in [0, 0.1) is 5.41 Å². The van der Waals surface area contributed by atoms with Gasteiger partial charge in [0.15, 0.2) is 0 Å². The van der Waals surface area contributed by atoms with Crippen LogP contribution in [0.25, 0.3) is 0 Å². The van der Waals surface area contributed by atoms with Crippen LogP contribution >= 0.6 is 0 Å². The van der Waals surface area contributed by atoms with Crippen LogP contribution in [0.4, 0.5) is 8.78 Å². The zero-order valence-electron chi connectivity index (χ0n) is 9.95. The molecule has 4 heteroatoms. The second-order valence-corrected chi connectivity index (χ2v) is 5.62. The van der Waals surface area contributed by atoms with Gasteiger partial charge in [0.2, 0.25) is 0 Å². The van der Waals surface area contributed by atoms with Crippen LogP contribution in [0.2, 0.25) is 0 Å². The number of piperazine rings is 1. The molecule has 0 bridgehead atoms. The number of nitrogens with zero attached hydrogens (tertiary/aromatic N) is 1. The van der Waals surface area contributed by atoms with E-state index in [1.54, 1.807) is 0 Å². The summed E-state index contributed by atoms with van der Waals surface area (Å²) in [5.74, 6) is -2.56. The molecule has 1 aliphatic heterocycles. The highest BCUT2D eigenvalue weighted by Gasteiger charge is 2.36. The minimum atomic E-state index is -2.56. The van der Waals surface area contributed by atoms with Crippen molar-refractivity contribution in [3.8, 4) is 0 Å². The van der Waals surface area contributed by atoms with Gasteiger partial charge in [0.25, 0.3) is 5.92 Å². The number of rotatable bonds is 3. The van der Waals surface area contributed by atoms with Gasteiger partial charge in [-0.25, -0.2) is 8.78 Å². The lowest BCUT2D eigenvalue weighted by Gasteiger charge is -2.33. The summed E-state index contributed by atoms with van der Waals surface area (Å²) in [7, 11) is 0. The van der Waals surface area contributed by atoms with E-state index in [4.69, 9.17) is 0 Å². The number of nitrogens with one attached hydrogen (secondary N) is 1. The molecule has 90 valence electrons. The molecule has 0 aromatic heterocycles. The molecule has 0 radical (unpaired) electrons. The predicted octanol–water partition coefficient (Wildman–Crippen LogP) is 1.96. The Morgan fingerprint density at radius 1 is 1.13 bits per heavy atom. The molecule has 0 amide bonds. The van der Waals surface area contributed by atoms with Crippen molar-refractivity contribution >= 4 is 0 Å². The highest BCUT2D eigenvalue weighted by Crippen LogP contribution is 2.32. The number of hydrogen-bond acceptors (Lipinski definition) is 2. The fourth-order valence-corrected chi connectivity index (χ4v) is 2.03. The summed E-state index contributed by atoms with van der Waals surface area (Å²) in [5, 5.41) is 3.16. The van der Waals surface area contributed by atoms with E-state index in [0.29, 0.717) is 0 Å². The molecule has 0 aliphatic carbocycles. The SMILES string of the molecule is CC(C)(C)CC(F)(F)CN1CCNCC1. The molecule has 1 heterocycles. The fraction of sp³-hybridized carbons (Fsp3) is 1.00. The highest BCUT2D eigenvalue weighted by atomic mass is 19.3. The van der Waals surface area contributed by atoms with Crippen LogP contribution in [0.15, 0.2) is 0 Å². The van der Waals surface area contributed by atoms with Crippen molar-refractivity contribution in [3.63, 3.8) is 0 Å². The highest BCUT2D eigenvalue weighted by molar-refractivity contribution is 4.80. The quantitative estimate of drug-likeness (QED) is 0.782. The summed E-state index contributed by atoms with van der Waals surface area (Å²) in [6, 6.07) is 0. The van der Waals surface area contributed by atoms with Crippen LogP contribution in [0.5, 0.6) is 0 Å². The van der Waals surface area contributed by atoms with Crippen LogP contribution in [-0.2, 0) is 0 Å². The predicted molar refractivity (Wildman–Crippen MR) is 58.3 cm³/mol. The van der Waals surface area contributed by atoms with Crippen molar-refractivity contribution in [2.24, 2.45) is 5.41 Å². The van der Waals surface area contributed by atoms with Crippen molar-refractivity contribution in [2.45, 2.75) is 33.1 Å². The van der Waals surface area contributed by atoms with Crippen molar-refractivity contribution in [3.05, 3.63) is 0 Å². The monoisotopic (exact) mass is 220 g/mol. The molecule has 1 fully saturated rings. The Morgan fingerprint density at radius 2 is 1.67 bits per heavy atom. The topological polar surface area (TPSA) is 15.3 Å². The maximum Gasteiger partial charge on any atom is 0.261 e. The van der Waals surface area contributed by atoms with Crippen LogP contribution < -0.4 is 5.32 Å². The third-order valence-corrected chi connectivity index (χ3v) is 2.45. The zero-order valence-corrected chi connectivity index (χ0v) is 9.95. The van der Waals surface area contributed by atoms with E-state index >= 15 is 0 Å². The van der Waals surface area contributed by atoms with Crippen molar-refractivity contribution in [1.82, 2.24) is 10.2 Å². The molecule has 1 rings (SSSR count). The molecule has 2 nitrogen and oxygen atoms in total. The summed E-state index contributed by atoms with van der Waals surface area (Å²) in [6.07, 6.45) is -0.0378. The normalized spacial score (nSPS) is 20.6. The van der Waals surface area contributed by atoms with E-state index in [0.717, 1.165) is 26.2 Å². The molecule has 15 heavy (non-hydrogen) atoms. The Bertz CT molecular complexity index is 193. The molecular weight excluding hydrogens is 198 g/mol. The van der Waals surface area contributed by atoms with E-state index in [9.17, 15) is 8.78 Å². The van der Waals surface area contributed by atoms with Crippen LogP contribution in [-0.4, -0.2) is 43.5 Å². The standard InChI is InChI=1S/C11H22F2N2/c1-10(2,3)8-11(12,13)9-15-6-4-14-5-7-15/h14H,4-9H2,1-3H3. The molecule has 0 atom stereocenters. The fourth-order valence-electron chi connectivity index (χ4n) is 2.03. The van der Waals surface area contributed by atoms with Gasteiger partial charge in [-0.05, 0) is 5.41 Å². The zero-order chi connectivity index (χ0) is 11.5. The van der Waals surface area contributed by atoms with Gasteiger partial charge < -0.3 is 5.32 Å². The third-order valence-electron chi connectivity index (χ3n) is 2.45. The van der Waals surface area contributed by atoms with Gasteiger partial charge in [-0.3, -0.25) is 4.90 Å². The van der Waals surface area contributed by atoms with Gasteiger partial charge in [0.05, 0.1) is 6.54 Å². The second-order valence-electron chi connectivity index (χ2n) is 5.62. The first-order valence-electron chi connectivity index (χ1n) is 5.59. The maximum atomic E-state index is 13.6. The molecule has 0 aromatic rings. The molecule has 1 aliphatic rings. The largest absolute Gasteiger partial charge is 0.314 e. The van der Waals surface area contributed by atoms with Crippen LogP contribution in [0.1, 0.15) is 27.2 Å². The van der Waals surface area contributed by atoms with Gasteiger partial charge in [-0.2, -0.15) is 0 Å². The van der Waals surface area contributed by atoms with Gasteiger partial charge >= 0.3 is 0 Å². The molecule has 0 saturated carbocycles. The Labute approximate surface area is 91.0 Å². The summed E-state index contributed by atoms with van der Waals surface area (Å²) in [4.78, 5) is 1.85. The molecule has 1 saturated heterocycles. The van der Waals surface area contributed by atoms with Gasteiger partial charge in [-0.15, -0.1) is 0 Å². The Morgan fingerprint density at radius 3 is 2.13 bits per heavy atom. The van der Waals surface area contributed by atoms with E-state index in [2.05, 4.69) is 5.32 Å². The molecule has 0 unspecified atom stereocenters. The molecular formula is C11H22F2N2. The first kappa shape index (κ1) is 12.8. The Balaban J connectivity index is 2.40. The number of hydrogen-bond donors (Lipinski definition) is 1. The van der Waals surface area contributed by atoms with E-state index < -0.39 is 5.92 Å². The van der Waals surface area contributed by atoms with Gasteiger partial charge in [0, 0.05) is 32.6 Å². The lowest BCUT2D eigenvalue weighted by Crippen LogP contribution is -2.48. The number of halogens is 2. The summed E-state index contributed by atoms with van der Waals surface area (Å²) in [6.45, 7) is 8.61. The third kappa shape index (κ3) is 5.42. The summed E-state index contributed by atoms with van der Waals surface area (Å²) < 4.78 is 27.3. The first-order valence-corrected chi connectivity index (χ1v) is 5.59. The van der Waals surface area contributed by atoms with E-state index in [-0.39, 0.29) is 18.4 Å². The lowest BCUT2D eigenvalue weighted by atomic mass is 9.88. The minimum Gasteiger partial charge on any atom is -0.314 e. The maximum absolute atomic E-state index is 13.6. The van der Waals surface area contributed by atoms with Crippen molar-refractivity contribution < 1.29 is 8.78 Å². The average molecular weight is 220 g/mol. The van der Waals surface area contributed by atoms with Crippen LogP contribution in [0.3, 0.4) is 0 Å². The molecule has 0 aromatic carbocycles. The summed E-state index contributed by atoms with van der Waals surface area (Å²) in [5.41, 5.74) is -0.308. The molecule has 1 N–H and O–H groups in total. The second kappa shape index (κ2) is 4.74. The van der Waals surface area contributed by atoms with E-state index in [1.165, 1.54) is 0 Å². The van der Waals surface area contributed by atoms with Gasteiger partial charge in [0.1, 0.15) is 0 Å². The smallest absolute Gasteiger partial charge is 0.261 e. The van der Waals surface area contributed by atoms with Crippen molar-refractivity contribution in [1.29, 1.82) is 0 Å². The first-order chi connectivity index (χ1) is 6.79. The lowest BCUT2D eigenvalue weighted by molar-refractivity contribution is -0.0632. The minimum absolute atomic E-state index is 0.0378. The number of alkyl halides is 2. The van der Waals surface area contributed by atoms with Gasteiger partial charge in [-0.1, -0.05) is 20.8 Å². The average Bonchev–Trinajstić information content (AvgIpc) is 1.99. The summed E-state index contributed by atoms with van der Waals surface area (Å²) >= 11 is 0. The molecule has 0 spiro atoms. The van der Waals surface area contributed by atoms with E-state index in [1.807, 2.05) is 25.7 Å².